The quantitative estimate of drug-likeness (QED) is 0.310. The van der Waals surface area contributed by atoms with Gasteiger partial charge in [0.15, 0.2) is 0 Å². The molecule has 0 amide bonds. The van der Waals surface area contributed by atoms with Crippen molar-refractivity contribution in [3.05, 3.63) is 18.4 Å². The van der Waals surface area contributed by atoms with E-state index in [0.29, 0.717) is 0 Å². The third-order valence-electron chi connectivity index (χ3n) is 2.16. The molecular formula is C11H23N3. The van der Waals surface area contributed by atoms with Crippen molar-refractivity contribution in [1.29, 1.82) is 0 Å². The smallest absolute Gasteiger partial charge is 0.0543 e. The van der Waals surface area contributed by atoms with Crippen LogP contribution < -0.4 is 16.8 Å². The lowest BCUT2D eigenvalue weighted by molar-refractivity contribution is 0.482. The maximum atomic E-state index is 5.85. The minimum absolute atomic E-state index is 0.124. The molecule has 3 nitrogen and oxygen atoms in total. The summed E-state index contributed by atoms with van der Waals surface area (Å²) >= 11 is 0. The molecule has 0 aromatic heterocycles. The SMILES string of the molecule is C=C=CCC(N)CCCNC(N)CC. The van der Waals surface area contributed by atoms with Crippen LogP contribution in [0.15, 0.2) is 18.4 Å². The van der Waals surface area contributed by atoms with Gasteiger partial charge in [-0.05, 0) is 38.3 Å². The number of rotatable bonds is 8. The van der Waals surface area contributed by atoms with Crippen molar-refractivity contribution in [2.75, 3.05) is 6.54 Å². The van der Waals surface area contributed by atoms with Gasteiger partial charge < -0.3 is 16.8 Å². The molecule has 0 saturated carbocycles. The predicted molar refractivity (Wildman–Crippen MR) is 61.8 cm³/mol. The van der Waals surface area contributed by atoms with Gasteiger partial charge in [0.05, 0.1) is 6.17 Å². The standard InChI is InChI=1S/C11H23N3/c1-3-5-7-10(12)8-6-9-14-11(13)4-2/h5,10-11,14H,1,4,6-9,12-13H2,2H3. The molecule has 0 heterocycles. The van der Waals surface area contributed by atoms with Crippen molar-refractivity contribution in [2.45, 2.75) is 44.8 Å². The zero-order chi connectivity index (χ0) is 10.8. The molecule has 0 aromatic rings. The van der Waals surface area contributed by atoms with Crippen LogP contribution in [0.1, 0.15) is 32.6 Å². The molecule has 82 valence electrons. The first-order chi connectivity index (χ1) is 6.70. The van der Waals surface area contributed by atoms with Crippen molar-refractivity contribution in [2.24, 2.45) is 11.5 Å². The van der Waals surface area contributed by atoms with E-state index >= 15 is 0 Å². The third kappa shape index (κ3) is 8.02. The van der Waals surface area contributed by atoms with Gasteiger partial charge in [0.1, 0.15) is 0 Å². The highest BCUT2D eigenvalue weighted by molar-refractivity contribution is 4.80. The number of nitrogens with two attached hydrogens (primary N) is 2. The van der Waals surface area contributed by atoms with Crippen LogP contribution in [0.25, 0.3) is 0 Å². The Hall–Kier alpha value is -0.600. The molecule has 0 aliphatic heterocycles. The van der Waals surface area contributed by atoms with Crippen molar-refractivity contribution < 1.29 is 0 Å². The van der Waals surface area contributed by atoms with Crippen LogP contribution in [0.4, 0.5) is 0 Å². The monoisotopic (exact) mass is 197 g/mol. The summed E-state index contributed by atoms with van der Waals surface area (Å²) in [6.45, 7) is 6.51. The van der Waals surface area contributed by atoms with Gasteiger partial charge in [-0.3, -0.25) is 0 Å². The van der Waals surface area contributed by atoms with Crippen molar-refractivity contribution in [3.8, 4) is 0 Å². The highest BCUT2D eigenvalue weighted by atomic mass is 15.0. The van der Waals surface area contributed by atoms with Gasteiger partial charge in [-0.15, -0.1) is 5.73 Å². The highest BCUT2D eigenvalue weighted by Crippen LogP contribution is 1.98. The van der Waals surface area contributed by atoms with Crippen LogP contribution in [0, 0.1) is 0 Å². The van der Waals surface area contributed by atoms with Crippen molar-refractivity contribution in [3.63, 3.8) is 0 Å². The average molecular weight is 197 g/mol. The lowest BCUT2D eigenvalue weighted by atomic mass is 10.1. The zero-order valence-corrected chi connectivity index (χ0v) is 9.13. The van der Waals surface area contributed by atoms with Gasteiger partial charge in [0.2, 0.25) is 0 Å². The van der Waals surface area contributed by atoms with Crippen molar-refractivity contribution >= 4 is 0 Å². The Morgan fingerprint density at radius 2 is 2.21 bits per heavy atom. The normalized spacial score (nSPS) is 14.5. The molecule has 0 aliphatic carbocycles. The molecule has 14 heavy (non-hydrogen) atoms. The molecule has 0 aliphatic rings. The fourth-order valence-corrected chi connectivity index (χ4v) is 1.15. The average Bonchev–Trinajstić information content (AvgIpc) is 2.21. The maximum absolute atomic E-state index is 5.85. The summed E-state index contributed by atoms with van der Waals surface area (Å²) in [6, 6.07) is 0.226. The zero-order valence-electron chi connectivity index (χ0n) is 9.13. The summed E-state index contributed by atoms with van der Waals surface area (Å²) < 4.78 is 0. The second-order valence-electron chi connectivity index (χ2n) is 3.52. The van der Waals surface area contributed by atoms with E-state index in [2.05, 4.69) is 24.6 Å². The summed E-state index contributed by atoms with van der Waals surface area (Å²) in [6.07, 6.45) is 5.92. The van der Waals surface area contributed by atoms with Gasteiger partial charge >= 0.3 is 0 Å². The Morgan fingerprint density at radius 3 is 2.79 bits per heavy atom. The summed E-state index contributed by atoms with van der Waals surface area (Å²) in [7, 11) is 0. The Labute approximate surface area is 87.2 Å². The first-order valence-electron chi connectivity index (χ1n) is 5.29. The van der Waals surface area contributed by atoms with Crippen LogP contribution in [0.5, 0.6) is 0 Å². The predicted octanol–water partition coefficient (Wildman–Crippen LogP) is 1.11. The van der Waals surface area contributed by atoms with Crippen molar-refractivity contribution in [1.82, 2.24) is 5.32 Å². The topological polar surface area (TPSA) is 64.1 Å². The molecule has 0 rings (SSSR count). The van der Waals surface area contributed by atoms with Crippen LogP contribution in [-0.2, 0) is 0 Å². The molecule has 2 atom stereocenters. The van der Waals surface area contributed by atoms with Crippen LogP contribution in [0.2, 0.25) is 0 Å². The second-order valence-corrected chi connectivity index (χ2v) is 3.52. The van der Waals surface area contributed by atoms with E-state index in [1.807, 2.05) is 6.08 Å². The van der Waals surface area contributed by atoms with Gasteiger partial charge in [-0.1, -0.05) is 13.5 Å². The number of hydrogen-bond acceptors (Lipinski definition) is 3. The first kappa shape index (κ1) is 13.4. The first-order valence-corrected chi connectivity index (χ1v) is 5.29. The van der Waals surface area contributed by atoms with Crippen LogP contribution >= 0.6 is 0 Å². The summed E-state index contributed by atoms with van der Waals surface area (Å²) in [5, 5.41) is 3.23. The van der Waals surface area contributed by atoms with E-state index in [1.54, 1.807) is 0 Å². The lowest BCUT2D eigenvalue weighted by Crippen LogP contribution is -2.37. The largest absolute Gasteiger partial charge is 0.327 e. The number of hydrogen-bond donors (Lipinski definition) is 3. The molecule has 0 bridgehead atoms. The Bertz CT molecular complexity index is 173. The molecule has 0 fully saturated rings. The molecule has 0 spiro atoms. The molecule has 0 aromatic carbocycles. The Morgan fingerprint density at radius 1 is 1.50 bits per heavy atom. The summed E-state index contributed by atoms with van der Waals surface area (Å²) in [5.41, 5.74) is 14.3. The lowest BCUT2D eigenvalue weighted by Gasteiger charge is -2.12. The van der Waals surface area contributed by atoms with Gasteiger partial charge in [0.25, 0.3) is 0 Å². The minimum atomic E-state index is 0.124. The Kier molecular flexibility index (Phi) is 8.59. The number of nitrogens with one attached hydrogen (secondary N) is 1. The maximum Gasteiger partial charge on any atom is 0.0543 e. The van der Waals surface area contributed by atoms with Gasteiger partial charge in [0, 0.05) is 6.04 Å². The van der Waals surface area contributed by atoms with E-state index in [1.165, 1.54) is 0 Å². The van der Waals surface area contributed by atoms with E-state index in [-0.39, 0.29) is 12.2 Å². The molecule has 5 N–H and O–H groups in total. The fraction of sp³-hybridized carbons (Fsp3) is 0.727. The molecule has 0 radical (unpaired) electrons. The minimum Gasteiger partial charge on any atom is -0.327 e. The van der Waals surface area contributed by atoms with E-state index < -0.39 is 0 Å². The Balaban J connectivity index is 3.30. The molecule has 2 unspecified atom stereocenters. The van der Waals surface area contributed by atoms with E-state index in [9.17, 15) is 0 Å². The third-order valence-corrected chi connectivity index (χ3v) is 2.16. The highest BCUT2D eigenvalue weighted by Gasteiger charge is 2.00. The summed E-state index contributed by atoms with van der Waals surface area (Å²) in [4.78, 5) is 0. The van der Waals surface area contributed by atoms with Gasteiger partial charge in [-0.2, -0.15) is 0 Å². The molecule has 0 saturated heterocycles. The van der Waals surface area contributed by atoms with Gasteiger partial charge in [-0.25, -0.2) is 0 Å². The second kappa shape index (κ2) is 8.97. The van der Waals surface area contributed by atoms with E-state index in [0.717, 1.165) is 32.2 Å². The van der Waals surface area contributed by atoms with Crippen LogP contribution in [-0.4, -0.2) is 18.8 Å². The van der Waals surface area contributed by atoms with Crippen LogP contribution in [0.3, 0.4) is 0 Å². The fourth-order valence-electron chi connectivity index (χ4n) is 1.15. The van der Waals surface area contributed by atoms with E-state index in [4.69, 9.17) is 11.5 Å². The molecule has 3 heteroatoms. The molecular weight excluding hydrogens is 174 g/mol. The summed E-state index contributed by atoms with van der Waals surface area (Å²) in [5.74, 6) is 0.